The van der Waals surface area contributed by atoms with Crippen LogP contribution >= 0.6 is 0 Å². The fraction of sp³-hybridized carbons (Fsp3) is 0.417. The van der Waals surface area contributed by atoms with Crippen molar-refractivity contribution >= 4 is 17.8 Å². The number of aromatic nitrogens is 2. The summed E-state index contributed by atoms with van der Waals surface area (Å²) in [5.41, 5.74) is 1.41. The molecule has 1 N–H and O–H groups in total. The minimum Gasteiger partial charge on any atom is -0.474 e. The maximum absolute atomic E-state index is 14.0. The summed E-state index contributed by atoms with van der Waals surface area (Å²) in [4.78, 5) is 52.1. The van der Waals surface area contributed by atoms with Gasteiger partial charge in [0, 0.05) is 36.7 Å². The van der Waals surface area contributed by atoms with E-state index in [0.29, 0.717) is 43.2 Å². The van der Waals surface area contributed by atoms with E-state index in [1.807, 2.05) is 72.8 Å². The van der Waals surface area contributed by atoms with E-state index in [2.05, 4.69) is 11.4 Å². The lowest BCUT2D eigenvalue weighted by Gasteiger charge is -2.26. The van der Waals surface area contributed by atoms with Gasteiger partial charge < -0.3 is 19.7 Å². The molecule has 9 heteroatoms. The van der Waals surface area contributed by atoms with Gasteiger partial charge in [0.25, 0.3) is 0 Å². The van der Waals surface area contributed by atoms with Gasteiger partial charge in [-0.1, -0.05) is 72.8 Å². The molecule has 2 aromatic carbocycles. The molecule has 2 amide bonds. The number of nitrogens with one attached hydrogen (secondary N) is 1. The van der Waals surface area contributed by atoms with E-state index in [9.17, 15) is 14.4 Å². The van der Waals surface area contributed by atoms with Gasteiger partial charge in [0.05, 0.1) is 24.1 Å². The van der Waals surface area contributed by atoms with E-state index >= 15 is 0 Å². The SMILES string of the molecule is CCOC(=O)[C@@]12C[C@H]1C=CCCCCN(C)C(=O)[C@@H]1C[C@H](Oc3cc(-c4ccccc4)nc(-c4ccccc4)n3)C[C@H]1C(=O)N2. The second kappa shape index (κ2) is 13.2. The molecule has 3 aliphatic rings. The summed E-state index contributed by atoms with van der Waals surface area (Å²) >= 11 is 0. The maximum atomic E-state index is 14.0. The van der Waals surface area contributed by atoms with Crippen LogP contribution in [0.25, 0.3) is 22.6 Å². The molecule has 1 aliphatic heterocycles. The third-order valence-electron chi connectivity index (χ3n) is 9.12. The van der Waals surface area contributed by atoms with E-state index in [0.717, 1.165) is 30.4 Å². The molecule has 0 radical (unpaired) electrons. The first kappa shape index (κ1) is 30.5. The van der Waals surface area contributed by atoms with Crippen molar-refractivity contribution < 1.29 is 23.9 Å². The predicted octanol–water partition coefficient (Wildman–Crippen LogP) is 5.22. The Labute approximate surface area is 264 Å². The number of carbonyl (C=O) groups excluding carboxylic acids is 3. The van der Waals surface area contributed by atoms with Gasteiger partial charge in [-0.25, -0.2) is 9.78 Å². The van der Waals surface area contributed by atoms with Crippen LogP contribution in [0.15, 0.2) is 78.9 Å². The summed E-state index contributed by atoms with van der Waals surface area (Å²) in [5.74, 6) is -1.27. The number of rotatable bonds is 6. The zero-order valence-electron chi connectivity index (χ0n) is 25.9. The van der Waals surface area contributed by atoms with Gasteiger partial charge in [0.2, 0.25) is 17.7 Å². The van der Waals surface area contributed by atoms with Gasteiger partial charge >= 0.3 is 5.97 Å². The van der Waals surface area contributed by atoms with Gasteiger partial charge in [0.1, 0.15) is 11.6 Å². The van der Waals surface area contributed by atoms with Crippen molar-refractivity contribution in [2.24, 2.45) is 17.8 Å². The van der Waals surface area contributed by atoms with Crippen molar-refractivity contribution in [3.05, 3.63) is 78.9 Å². The largest absolute Gasteiger partial charge is 0.474 e. The van der Waals surface area contributed by atoms with Crippen molar-refractivity contribution in [3.8, 4) is 28.5 Å². The van der Waals surface area contributed by atoms with Crippen molar-refractivity contribution in [1.29, 1.82) is 0 Å². The fourth-order valence-electron chi connectivity index (χ4n) is 6.57. The van der Waals surface area contributed by atoms with Crippen LogP contribution in [0, 0.1) is 17.8 Å². The first-order chi connectivity index (χ1) is 21.9. The summed E-state index contributed by atoms with van der Waals surface area (Å²) < 4.78 is 11.9. The van der Waals surface area contributed by atoms with Crippen LogP contribution in [0.3, 0.4) is 0 Å². The van der Waals surface area contributed by atoms with Crippen LogP contribution in [-0.4, -0.2) is 64.5 Å². The number of hydrogen-bond acceptors (Lipinski definition) is 7. The number of allylic oxidation sites excluding steroid dienone is 1. The van der Waals surface area contributed by atoms with E-state index < -0.39 is 29.4 Å². The molecule has 0 spiro atoms. The first-order valence-corrected chi connectivity index (χ1v) is 16.0. The molecular formula is C36H40N4O5. The Bertz CT molecular complexity index is 1500. The Morgan fingerprint density at radius 2 is 1.69 bits per heavy atom. The molecular weight excluding hydrogens is 568 g/mol. The first-order valence-electron chi connectivity index (χ1n) is 16.0. The molecule has 2 heterocycles. The molecule has 2 saturated carbocycles. The van der Waals surface area contributed by atoms with Gasteiger partial charge in [-0.15, -0.1) is 0 Å². The fourth-order valence-corrected chi connectivity index (χ4v) is 6.57. The summed E-state index contributed by atoms with van der Waals surface area (Å²) in [5, 5.41) is 3.04. The molecule has 1 aromatic heterocycles. The lowest BCUT2D eigenvalue weighted by atomic mass is 9.93. The molecule has 0 unspecified atom stereocenters. The zero-order valence-corrected chi connectivity index (χ0v) is 25.9. The molecule has 234 valence electrons. The van der Waals surface area contributed by atoms with Gasteiger partial charge in [0.15, 0.2) is 5.82 Å². The van der Waals surface area contributed by atoms with Crippen molar-refractivity contribution in [3.63, 3.8) is 0 Å². The third kappa shape index (κ3) is 6.62. The van der Waals surface area contributed by atoms with Crippen LogP contribution in [0.1, 0.15) is 45.4 Å². The van der Waals surface area contributed by atoms with Crippen LogP contribution in [0.2, 0.25) is 0 Å². The van der Waals surface area contributed by atoms with Crippen LogP contribution in [-0.2, 0) is 19.1 Å². The number of hydrogen-bond donors (Lipinski definition) is 1. The number of fused-ring (bicyclic) bond motifs is 2. The van der Waals surface area contributed by atoms with Crippen LogP contribution in [0.4, 0.5) is 0 Å². The van der Waals surface area contributed by atoms with Gasteiger partial charge in [-0.3, -0.25) is 9.59 Å². The van der Waals surface area contributed by atoms with E-state index in [1.54, 1.807) is 18.9 Å². The monoisotopic (exact) mass is 608 g/mol. The summed E-state index contributed by atoms with van der Waals surface area (Å²) in [6.07, 6.45) is 7.48. The lowest BCUT2D eigenvalue weighted by molar-refractivity contribution is -0.150. The summed E-state index contributed by atoms with van der Waals surface area (Å²) in [7, 11) is 1.80. The molecule has 3 aromatic rings. The van der Waals surface area contributed by atoms with Crippen molar-refractivity contribution in [2.75, 3.05) is 20.2 Å². The smallest absolute Gasteiger partial charge is 0.332 e. The lowest BCUT2D eigenvalue weighted by Crippen LogP contribution is -2.50. The van der Waals surface area contributed by atoms with Gasteiger partial charge in [-0.05, 0) is 45.4 Å². The average molecular weight is 609 g/mol. The average Bonchev–Trinajstić information content (AvgIpc) is 3.60. The number of esters is 1. The number of amides is 2. The van der Waals surface area contributed by atoms with E-state index in [4.69, 9.17) is 19.4 Å². The minimum absolute atomic E-state index is 0.0796. The Morgan fingerprint density at radius 3 is 2.42 bits per heavy atom. The number of carbonyl (C=O) groups is 3. The maximum Gasteiger partial charge on any atom is 0.332 e. The van der Waals surface area contributed by atoms with Crippen molar-refractivity contribution in [1.82, 2.24) is 20.2 Å². The molecule has 0 bridgehead atoms. The Kier molecular flexibility index (Phi) is 8.96. The molecule has 6 rings (SSSR count). The van der Waals surface area contributed by atoms with Crippen LogP contribution < -0.4 is 10.1 Å². The number of nitrogens with zero attached hydrogens (tertiary/aromatic N) is 3. The Hall–Kier alpha value is -4.53. The van der Waals surface area contributed by atoms with E-state index in [1.165, 1.54) is 0 Å². The second-order valence-corrected chi connectivity index (χ2v) is 12.2. The molecule has 9 nitrogen and oxygen atoms in total. The Morgan fingerprint density at radius 1 is 0.978 bits per heavy atom. The van der Waals surface area contributed by atoms with Gasteiger partial charge in [-0.2, -0.15) is 4.98 Å². The third-order valence-corrected chi connectivity index (χ3v) is 9.12. The highest BCUT2D eigenvalue weighted by molar-refractivity contribution is 5.95. The quantitative estimate of drug-likeness (QED) is 0.302. The molecule has 5 atom stereocenters. The normalized spacial score (nSPS) is 26.7. The highest BCUT2D eigenvalue weighted by Crippen LogP contribution is 2.47. The van der Waals surface area contributed by atoms with E-state index in [-0.39, 0.29) is 24.3 Å². The molecule has 0 saturated heterocycles. The van der Waals surface area contributed by atoms with Crippen molar-refractivity contribution in [2.45, 2.75) is 57.1 Å². The topological polar surface area (TPSA) is 111 Å². The standard InChI is InChI=1S/C36H40N4O5/c1-3-44-35(43)36-23-26(36)18-12-4-5-13-19-40(2)34(42)29-21-27(20-28(29)33(41)39-36)45-31-22-30(24-14-8-6-9-15-24)37-32(38-31)25-16-10-7-11-17-25/h6-12,14-18,22,26-29H,3-5,13,19-21,23H2,1-2H3,(H,39,41)/t26-,27-,28-,29-,36-/m1/s1. The summed E-state index contributed by atoms with van der Waals surface area (Å²) in [6.45, 7) is 2.61. The van der Waals surface area contributed by atoms with Crippen LogP contribution in [0.5, 0.6) is 5.88 Å². The highest BCUT2D eigenvalue weighted by atomic mass is 16.5. The zero-order chi connectivity index (χ0) is 31.4. The Balaban J connectivity index is 1.29. The minimum atomic E-state index is -1.09. The second-order valence-electron chi connectivity index (χ2n) is 12.2. The predicted molar refractivity (Wildman–Crippen MR) is 170 cm³/mol. The summed E-state index contributed by atoms with van der Waals surface area (Å²) in [6, 6.07) is 21.4. The molecule has 45 heavy (non-hydrogen) atoms. The number of ether oxygens (including phenoxy) is 2. The highest BCUT2D eigenvalue weighted by Gasteiger charge is 2.62. The number of benzene rings is 2. The molecule has 2 aliphatic carbocycles. The molecule has 2 fully saturated rings.